The largest absolute Gasteiger partial charge is 0.373 e. The maximum Gasteiger partial charge on any atom is 0.186 e. The van der Waals surface area contributed by atoms with Crippen LogP contribution in [0.5, 0.6) is 0 Å². The molecule has 0 aliphatic carbocycles. The number of nitrogens with zero attached hydrogens (tertiary/aromatic N) is 2. The van der Waals surface area contributed by atoms with E-state index in [1.165, 1.54) is 0 Å². The van der Waals surface area contributed by atoms with Crippen LogP contribution in [0.15, 0.2) is 40.9 Å². The van der Waals surface area contributed by atoms with Crippen molar-refractivity contribution < 1.29 is 9.63 Å². The third-order valence-corrected chi connectivity index (χ3v) is 1.99. The number of nitriles is 1. The monoisotopic (exact) mass is 200 g/mol. The van der Waals surface area contributed by atoms with E-state index in [-0.39, 0.29) is 5.69 Å². The van der Waals surface area contributed by atoms with Crippen LogP contribution in [0, 0.1) is 11.3 Å². The van der Waals surface area contributed by atoms with Gasteiger partial charge in [0.2, 0.25) is 0 Å². The molecule has 1 aromatic heterocycles. The Hall–Kier alpha value is -2.12. The molecule has 1 heterocycles. The highest BCUT2D eigenvalue weighted by Crippen LogP contribution is 2.22. The van der Waals surface area contributed by atoms with Crippen molar-refractivity contribution in [3.05, 3.63) is 42.1 Å². The molecule has 4 heteroatoms. The van der Waals surface area contributed by atoms with Crippen LogP contribution in [0.2, 0.25) is 0 Å². The van der Waals surface area contributed by atoms with Gasteiger partial charge in [-0.15, -0.1) is 0 Å². The van der Waals surface area contributed by atoms with Crippen molar-refractivity contribution in [3.8, 4) is 17.4 Å². The minimum Gasteiger partial charge on any atom is -0.373 e. The van der Waals surface area contributed by atoms with Gasteiger partial charge in [-0.1, -0.05) is 35.5 Å². The lowest BCUT2D eigenvalue weighted by molar-refractivity contribution is 0.223. The molecule has 0 aliphatic rings. The van der Waals surface area contributed by atoms with E-state index in [0.717, 1.165) is 5.56 Å². The van der Waals surface area contributed by atoms with Crippen LogP contribution in [0.3, 0.4) is 0 Å². The molecule has 0 amide bonds. The lowest BCUT2D eigenvalue weighted by Crippen LogP contribution is -1.91. The number of benzene rings is 1. The van der Waals surface area contributed by atoms with Crippen LogP contribution in [0.25, 0.3) is 11.3 Å². The summed E-state index contributed by atoms with van der Waals surface area (Å²) in [6.45, 7) is 0. The highest BCUT2D eigenvalue weighted by molar-refractivity contribution is 5.57. The first kappa shape index (κ1) is 9.44. The maximum absolute atomic E-state index is 9.21. The molecule has 4 nitrogen and oxygen atoms in total. The number of rotatable bonds is 2. The second-order valence-electron chi connectivity index (χ2n) is 3.01. The average Bonchev–Trinajstić information content (AvgIpc) is 2.78. The molecule has 1 N–H and O–H groups in total. The minimum absolute atomic E-state index is 0.233. The topological polar surface area (TPSA) is 70.0 Å². The van der Waals surface area contributed by atoms with E-state index in [0.29, 0.717) is 5.76 Å². The molecule has 1 unspecified atom stereocenters. The highest BCUT2D eigenvalue weighted by atomic mass is 16.5. The van der Waals surface area contributed by atoms with E-state index in [1.54, 1.807) is 12.1 Å². The molecule has 0 saturated carbocycles. The molecule has 0 bridgehead atoms. The van der Waals surface area contributed by atoms with Gasteiger partial charge in [-0.3, -0.25) is 0 Å². The van der Waals surface area contributed by atoms with Crippen LogP contribution < -0.4 is 0 Å². The Morgan fingerprint density at radius 1 is 1.33 bits per heavy atom. The summed E-state index contributed by atoms with van der Waals surface area (Å²) in [5.41, 5.74) is 1.10. The van der Waals surface area contributed by atoms with E-state index in [1.807, 2.05) is 30.3 Å². The lowest BCUT2D eigenvalue weighted by atomic mass is 10.1. The number of aliphatic hydroxyl groups excluding tert-OH is 1. The Kier molecular flexibility index (Phi) is 2.48. The number of hydrogen-bond acceptors (Lipinski definition) is 4. The maximum atomic E-state index is 9.21. The van der Waals surface area contributed by atoms with Crippen molar-refractivity contribution in [1.29, 1.82) is 5.26 Å². The molecule has 0 fully saturated rings. The zero-order valence-electron chi connectivity index (χ0n) is 7.79. The first-order valence-corrected chi connectivity index (χ1v) is 4.41. The van der Waals surface area contributed by atoms with E-state index in [2.05, 4.69) is 5.16 Å². The van der Waals surface area contributed by atoms with Gasteiger partial charge in [0.15, 0.2) is 11.9 Å². The Morgan fingerprint density at radius 3 is 2.73 bits per heavy atom. The smallest absolute Gasteiger partial charge is 0.186 e. The molecule has 74 valence electrons. The lowest BCUT2D eigenvalue weighted by Gasteiger charge is -1.92. The molecular formula is C11H8N2O2. The standard InChI is InChI=1S/C11H8N2O2/c12-7-10(14)9-6-11(15-13-9)8-4-2-1-3-5-8/h1-6,10,14H. The van der Waals surface area contributed by atoms with Crippen molar-refractivity contribution in [2.45, 2.75) is 6.10 Å². The van der Waals surface area contributed by atoms with Crippen molar-refractivity contribution in [2.24, 2.45) is 0 Å². The zero-order valence-corrected chi connectivity index (χ0v) is 7.79. The first-order chi connectivity index (χ1) is 7.31. The number of hydrogen-bond donors (Lipinski definition) is 1. The second-order valence-corrected chi connectivity index (χ2v) is 3.01. The third-order valence-electron chi connectivity index (χ3n) is 1.99. The quantitative estimate of drug-likeness (QED) is 0.751. The van der Waals surface area contributed by atoms with E-state index >= 15 is 0 Å². The van der Waals surface area contributed by atoms with Gasteiger partial charge in [0, 0.05) is 11.6 Å². The van der Waals surface area contributed by atoms with Gasteiger partial charge in [0.1, 0.15) is 11.8 Å². The molecule has 0 saturated heterocycles. The van der Waals surface area contributed by atoms with Crippen LogP contribution >= 0.6 is 0 Å². The molecule has 2 aromatic rings. The third kappa shape index (κ3) is 1.87. The molecule has 1 atom stereocenters. The summed E-state index contributed by atoms with van der Waals surface area (Å²) in [7, 11) is 0. The summed E-state index contributed by atoms with van der Waals surface area (Å²) in [6, 6.07) is 12.6. The molecule has 0 aliphatic heterocycles. The Balaban J connectivity index is 2.33. The van der Waals surface area contributed by atoms with Gasteiger partial charge in [-0.2, -0.15) is 5.26 Å². The van der Waals surface area contributed by atoms with Crippen LogP contribution in [-0.2, 0) is 0 Å². The van der Waals surface area contributed by atoms with Crippen molar-refractivity contribution >= 4 is 0 Å². The first-order valence-electron chi connectivity index (χ1n) is 4.41. The van der Waals surface area contributed by atoms with Gasteiger partial charge in [-0.25, -0.2) is 0 Å². The van der Waals surface area contributed by atoms with Crippen molar-refractivity contribution in [2.75, 3.05) is 0 Å². The normalized spacial score (nSPS) is 12.0. The Morgan fingerprint density at radius 2 is 2.07 bits per heavy atom. The van der Waals surface area contributed by atoms with Crippen molar-refractivity contribution in [1.82, 2.24) is 5.16 Å². The summed E-state index contributed by atoms with van der Waals surface area (Å²) >= 11 is 0. The van der Waals surface area contributed by atoms with E-state index < -0.39 is 6.10 Å². The van der Waals surface area contributed by atoms with Gasteiger partial charge in [0.25, 0.3) is 0 Å². The van der Waals surface area contributed by atoms with Crippen LogP contribution in [-0.4, -0.2) is 10.3 Å². The fraction of sp³-hybridized carbons (Fsp3) is 0.0909. The molecule has 2 rings (SSSR count). The number of aromatic nitrogens is 1. The van der Waals surface area contributed by atoms with Crippen LogP contribution in [0.1, 0.15) is 11.8 Å². The van der Waals surface area contributed by atoms with Gasteiger partial charge in [-0.05, 0) is 0 Å². The molecule has 15 heavy (non-hydrogen) atoms. The fourth-order valence-corrected chi connectivity index (χ4v) is 1.22. The summed E-state index contributed by atoms with van der Waals surface area (Å²) in [6.07, 6.45) is -1.23. The van der Waals surface area contributed by atoms with E-state index in [9.17, 15) is 5.11 Å². The summed E-state index contributed by atoms with van der Waals surface area (Å²) < 4.78 is 5.01. The van der Waals surface area contributed by atoms with Gasteiger partial charge in [0.05, 0.1) is 0 Å². The predicted molar refractivity (Wildman–Crippen MR) is 52.5 cm³/mol. The summed E-state index contributed by atoms with van der Waals surface area (Å²) in [5.74, 6) is 0.542. The minimum atomic E-state index is -1.23. The van der Waals surface area contributed by atoms with Gasteiger partial charge < -0.3 is 9.63 Å². The second kappa shape index (κ2) is 3.95. The Labute approximate surface area is 86.4 Å². The van der Waals surface area contributed by atoms with E-state index in [4.69, 9.17) is 9.78 Å². The molecule has 1 aromatic carbocycles. The summed E-state index contributed by atoms with van der Waals surface area (Å²) in [4.78, 5) is 0. The predicted octanol–water partition coefficient (Wildman–Crippen LogP) is 1.90. The van der Waals surface area contributed by atoms with Crippen LogP contribution in [0.4, 0.5) is 0 Å². The molecule has 0 spiro atoms. The molecule has 0 radical (unpaired) electrons. The number of aliphatic hydroxyl groups is 1. The SMILES string of the molecule is N#CC(O)c1cc(-c2ccccc2)on1. The highest BCUT2D eigenvalue weighted by Gasteiger charge is 2.12. The zero-order chi connectivity index (χ0) is 10.7. The average molecular weight is 200 g/mol. The van der Waals surface area contributed by atoms with Crippen molar-refractivity contribution in [3.63, 3.8) is 0 Å². The fourth-order valence-electron chi connectivity index (χ4n) is 1.22. The summed E-state index contributed by atoms with van der Waals surface area (Å²) in [5, 5.41) is 21.3. The Bertz CT molecular complexity index is 485. The van der Waals surface area contributed by atoms with Gasteiger partial charge >= 0.3 is 0 Å². The molecular weight excluding hydrogens is 192 g/mol.